The molecule has 3 aromatic rings. The molecule has 0 saturated carbocycles. The lowest BCUT2D eigenvalue weighted by Crippen LogP contribution is -2.69. The van der Waals surface area contributed by atoms with Crippen LogP contribution in [-0.2, 0) is 57.0 Å². The summed E-state index contributed by atoms with van der Waals surface area (Å²) in [6.07, 6.45) is -36.2. The first-order valence-corrected chi connectivity index (χ1v) is 19.6. The molecule has 3 atom stereocenters. The molecule has 0 aliphatic heterocycles. The molecule has 3 rings (SSSR count). The van der Waals surface area contributed by atoms with Crippen molar-refractivity contribution in [3.05, 3.63) is 87.5 Å². The Kier molecular flexibility index (Phi) is 17.4. The number of halogens is 18. The van der Waals surface area contributed by atoms with Gasteiger partial charge in [0.25, 0.3) is 0 Å². The average Bonchev–Trinajstić information content (AvgIpc) is 3.18. The van der Waals surface area contributed by atoms with Crippen LogP contribution < -0.4 is 14.0 Å². The zero-order chi connectivity index (χ0) is 50.6. The third-order valence-electron chi connectivity index (χ3n) is 10.2. The zero-order valence-corrected chi connectivity index (χ0v) is 35.8. The van der Waals surface area contributed by atoms with Crippen LogP contribution in [0.1, 0.15) is 99.7 Å². The van der Waals surface area contributed by atoms with Gasteiger partial charge in [-0.25, -0.2) is 4.48 Å². The van der Waals surface area contributed by atoms with Crippen molar-refractivity contribution in [2.45, 2.75) is 116 Å². The number of quaternary nitrogens is 1. The summed E-state index contributed by atoms with van der Waals surface area (Å²) < 4.78 is 290. The molecule has 3 aromatic carbocycles. The predicted octanol–water partition coefficient (Wildman–Crippen LogP) is 13.9. The summed E-state index contributed by atoms with van der Waals surface area (Å²) in [7, 11) is -2.20. The van der Waals surface area contributed by atoms with Gasteiger partial charge in [-0.2, -0.15) is 79.0 Å². The molecule has 0 radical (unpaired) electrons. The highest BCUT2D eigenvalue weighted by molar-refractivity contribution is 6.39. The third kappa shape index (κ3) is 13.4. The molecule has 372 valence electrons. The number of rotatable bonds is 19. The Bertz CT molecular complexity index is 1930. The maximum Gasteiger partial charge on any atom is 0.864 e. The molecule has 26 heteroatoms. The Morgan fingerprint density at radius 3 is 1.11 bits per heavy atom. The summed E-state index contributed by atoms with van der Waals surface area (Å²) in [5.41, 5.74) is -17.1. The van der Waals surface area contributed by atoms with Gasteiger partial charge in [-0.05, 0) is 67.8 Å². The van der Waals surface area contributed by atoms with Crippen molar-refractivity contribution < 1.29 is 112 Å². The summed E-state index contributed by atoms with van der Waals surface area (Å²) >= 11 is 0. The maximum absolute atomic E-state index is 15.5. The zero-order valence-electron chi connectivity index (χ0n) is 35.8. The monoisotopic (exact) mass is 986 g/mol. The summed E-state index contributed by atoms with van der Waals surface area (Å²) in [5.74, 6) is -4.99. The minimum absolute atomic E-state index is 0.00875. The van der Waals surface area contributed by atoms with Gasteiger partial charge in [-0.15, -0.1) is 0 Å². The summed E-state index contributed by atoms with van der Waals surface area (Å²) in [5, 5.41) is 0. The van der Waals surface area contributed by atoms with E-state index in [1.807, 2.05) is 0 Å². The standard InChI is InChI=1S/C40H43BF18NO6/c1-8-11-61-22(4)60(7,23(5)62-12-9-2)34(6,63-13-10-3)33-31(40(57,58)59)20-28(39(54,55)56)21-32(33)66-41(64-29-16-24(35(42,43)44)14-25(17-29)36(45,46)47)65-30-18-26(37(48,49)50)15-27(19-30)38(51,52)53/h14-23H,8-13H2,1-7H3/q+1. The number of hydrogen-bond acceptors (Lipinski definition) is 6. The van der Waals surface area contributed by atoms with Crippen LogP contribution in [-0.4, -0.2) is 51.1 Å². The number of hydrogen-bond donors (Lipinski definition) is 0. The molecule has 7 nitrogen and oxygen atoms in total. The van der Waals surface area contributed by atoms with E-state index in [0.29, 0.717) is 12.8 Å². The Morgan fingerprint density at radius 2 is 0.803 bits per heavy atom. The van der Waals surface area contributed by atoms with E-state index in [9.17, 15) is 65.9 Å². The molecule has 0 N–H and O–H groups in total. The molecule has 0 bridgehead atoms. The lowest BCUT2D eigenvalue weighted by molar-refractivity contribution is -1.06. The Balaban J connectivity index is 2.66. The molecule has 0 aliphatic rings. The van der Waals surface area contributed by atoms with Crippen molar-refractivity contribution in [1.82, 2.24) is 0 Å². The van der Waals surface area contributed by atoms with Gasteiger partial charge in [0.1, 0.15) is 17.2 Å². The van der Waals surface area contributed by atoms with Crippen LogP contribution in [0.5, 0.6) is 17.2 Å². The average molecular weight is 987 g/mol. The first-order valence-electron chi connectivity index (χ1n) is 19.6. The molecule has 0 amide bonds. The molecular weight excluding hydrogens is 943 g/mol. The summed E-state index contributed by atoms with van der Waals surface area (Å²) in [6, 6.07) is -2.18. The molecule has 3 unspecified atom stereocenters. The van der Waals surface area contributed by atoms with Crippen LogP contribution in [0.3, 0.4) is 0 Å². The van der Waals surface area contributed by atoms with Crippen LogP contribution >= 0.6 is 0 Å². The fourth-order valence-corrected chi connectivity index (χ4v) is 6.59. The van der Waals surface area contributed by atoms with Gasteiger partial charge in [0.15, 0.2) is 12.5 Å². The fourth-order valence-electron chi connectivity index (χ4n) is 6.59. The molecule has 0 saturated heterocycles. The minimum Gasteiger partial charge on any atom is -0.490 e. The molecule has 0 fully saturated rings. The van der Waals surface area contributed by atoms with Crippen molar-refractivity contribution in [2.24, 2.45) is 0 Å². The largest absolute Gasteiger partial charge is 0.864 e. The van der Waals surface area contributed by atoms with E-state index >= 15 is 13.2 Å². The van der Waals surface area contributed by atoms with E-state index in [0.717, 1.165) is 6.92 Å². The van der Waals surface area contributed by atoms with Gasteiger partial charge in [0.05, 0.1) is 65.8 Å². The highest BCUT2D eigenvalue weighted by Gasteiger charge is 2.60. The normalized spacial score (nSPS) is 16.0. The van der Waals surface area contributed by atoms with Crippen molar-refractivity contribution in [3.8, 4) is 17.2 Å². The molecular formula is C40H43BF18NO6+. The van der Waals surface area contributed by atoms with Gasteiger partial charge in [-0.3, -0.25) is 0 Å². The second kappa shape index (κ2) is 20.5. The number of nitrogens with zero attached hydrogens (tertiary/aromatic N) is 1. The second-order valence-corrected chi connectivity index (χ2v) is 14.9. The van der Waals surface area contributed by atoms with Gasteiger partial charge in [0, 0.05) is 20.8 Å². The smallest absolute Gasteiger partial charge is 0.490 e. The highest BCUT2D eigenvalue weighted by Crippen LogP contribution is 2.52. The van der Waals surface area contributed by atoms with E-state index in [2.05, 4.69) is 0 Å². The Hall–Kier alpha value is -4.30. The fraction of sp³-hybridized carbons (Fsp3) is 0.550. The number of ether oxygens (including phenoxy) is 3. The van der Waals surface area contributed by atoms with Crippen LogP contribution in [0.25, 0.3) is 0 Å². The van der Waals surface area contributed by atoms with E-state index in [4.69, 9.17) is 28.2 Å². The Morgan fingerprint density at radius 1 is 0.470 bits per heavy atom. The summed E-state index contributed by atoms with van der Waals surface area (Å²) in [4.78, 5) is 0. The quantitative estimate of drug-likeness (QED) is 0.0516. The molecule has 0 heterocycles. The van der Waals surface area contributed by atoms with E-state index in [1.165, 1.54) is 27.8 Å². The topological polar surface area (TPSA) is 55.4 Å². The van der Waals surface area contributed by atoms with E-state index < -0.39 is 142 Å². The van der Waals surface area contributed by atoms with E-state index in [-0.39, 0.29) is 56.0 Å². The van der Waals surface area contributed by atoms with Gasteiger partial charge in [-0.1, -0.05) is 20.8 Å². The van der Waals surface area contributed by atoms with Crippen molar-refractivity contribution >= 4 is 7.32 Å². The Labute approximate surface area is 366 Å². The van der Waals surface area contributed by atoms with Crippen molar-refractivity contribution in [2.75, 3.05) is 26.9 Å². The highest BCUT2D eigenvalue weighted by atomic mass is 19.4. The molecule has 0 aliphatic carbocycles. The molecule has 66 heavy (non-hydrogen) atoms. The lowest BCUT2D eigenvalue weighted by atomic mass is 9.90. The van der Waals surface area contributed by atoms with Crippen LogP contribution in [0, 0.1) is 0 Å². The van der Waals surface area contributed by atoms with Gasteiger partial charge < -0.3 is 28.2 Å². The summed E-state index contributed by atoms with van der Waals surface area (Å²) in [6.45, 7) is 7.70. The number of benzene rings is 3. The number of alkyl halides is 18. The van der Waals surface area contributed by atoms with Gasteiger partial charge in [0.2, 0.25) is 5.72 Å². The SMILES string of the molecule is CCCOC(C)[N+](C)(C(C)OCCC)C(C)(OCCC)c1c(OB(Oc2cc(C(F)(F)F)cc(C(F)(F)F)c2)Oc2cc(C(F)(F)F)cc(C(F)(F)F)c2)cc(C(F)(F)F)cc1C(F)(F)F. The minimum atomic E-state index is -5.85. The predicted molar refractivity (Wildman–Crippen MR) is 198 cm³/mol. The van der Waals surface area contributed by atoms with Crippen molar-refractivity contribution in [1.29, 1.82) is 0 Å². The van der Waals surface area contributed by atoms with Crippen LogP contribution in [0.15, 0.2) is 48.5 Å². The van der Waals surface area contributed by atoms with Crippen LogP contribution in [0.2, 0.25) is 0 Å². The first-order chi connectivity index (χ1) is 29.9. The maximum atomic E-state index is 15.5. The molecule has 0 aromatic heterocycles. The molecule has 0 spiro atoms. The van der Waals surface area contributed by atoms with Crippen LogP contribution in [0.4, 0.5) is 79.0 Å². The third-order valence-corrected chi connectivity index (χ3v) is 10.2. The van der Waals surface area contributed by atoms with Crippen molar-refractivity contribution in [3.63, 3.8) is 0 Å². The second-order valence-electron chi connectivity index (χ2n) is 14.9. The van der Waals surface area contributed by atoms with Gasteiger partial charge >= 0.3 is 44.4 Å². The van der Waals surface area contributed by atoms with E-state index in [1.54, 1.807) is 13.8 Å². The first kappa shape index (κ1) is 56.0. The lowest BCUT2D eigenvalue weighted by Gasteiger charge is -2.54.